The number of anilines is 2. The van der Waals surface area contributed by atoms with E-state index in [1.165, 1.54) is 0 Å². The van der Waals surface area contributed by atoms with Gasteiger partial charge in [0, 0.05) is 13.1 Å². The molecule has 0 saturated heterocycles. The number of hydrogen-bond acceptors (Lipinski definition) is 4. The van der Waals surface area contributed by atoms with Gasteiger partial charge in [0.25, 0.3) is 0 Å². The predicted molar refractivity (Wildman–Crippen MR) is 72.9 cm³/mol. The van der Waals surface area contributed by atoms with Crippen molar-refractivity contribution < 1.29 is 5.11 Å². The lowest BCUT2D eigenvalue weighted by molar-refractivity contribution is 0.0874. The minimum absolute atomic E-state index is 0.236. The summed E-state index contributed by atoms with van der Waals surface area (Å²) in [6.45, 7) is 6.48. The second kappa shape index (κ2) is 5.29. The Hall–Kier alpha value is -0.710. The summed E-state index contributed by atoms with van der Waals surface area (Å²) in [5, 5.41) is 10.6. The Kier molecular flexibility index (Phi) is 4.47. The molecule has 0 aliphatic rings. The first-order chi connectivity index (χ1) is 7.74. The normalized spacial score (nSPS) is 11.6. The number of nitrogen functional groups attached to an aromatic ring is 1. The zero-order chi connectivity index (χ0) is 13.2. The third kappa shape index (κ3) is 3.91. The molecule has 1 aromatic rings. The van der Waals surface area contributed by atoms with Gasteiger partial charge >= 0.3 is 0 Å². The summed E-state index contributed by atoms with van der Waals surface area (Å²) in [5.74, 6) is 0.776. The first kappa shape index (κ1) is 14.4. The van der Waals surface area contributed by atoms with Crippen LogP contribution in [0.2, 0.25) is 10.0 Å². The van der Waals surface area contributed by atoms with Crippen molar-refractivity contribution >= 4 is 34.8 Å². The third-order valence-electron chi connectivity index (χ3n) is 2.20. The molecule has 0 spiro atoms. The fourth-order valence-corrected chi connectivity index (χ4v) is 1.97. The highest BCUT2D eigenvalue weighted by Crippen LogP contribution is 2.30. The van der Waals surface area contributed by atoms with Crippen LogP contribution >= 0.6 is 23.2 Å². The number of nitrogens with zero attached hydrogens (tertiary/aromatic N) is 2. The highest BCUT2D eigenvalue weighted by atomic mass is 35.5. The van der Waals surface area contributed by atoms with E-state index in [4.69, 9.17) is 28.9 Å². The van der Waals surface area contributed by atoms with Crippen molar-refractivity contribution in [2.24, 2.45) is 0 Å². The lowest BCUT2D eigenvalue weighted by atomic mass is 10.1. The van der Waals surface area contributed by atoms with Crippen LogP contribution in [0, 0.1) is 0 Å². The van der Waals surface area contributed by atoms with E-state index in [1.54, 1.807) is 19.9 Å². The molecule has 0 fully saturated rings. The fraction of sp³-hybridized carbons (Fsp3) is 0.545. The molecule has 3 N–H and O–H groups in total. The zero-order valence-corrected chi connectivity index (χ0v) is 11.7. The summed E-state index contributed by atoms with van der Waals surface area (Å²) >= 11 is 11.9. The molecule has 0 radical (unpaired) electrons. The molecular weight excluding hydrogens is 261 g/mol. The van der Waals surface area contributed by atoms with Gasteiger partial charge in [0.15, 0.2) is 0 Å². The van der Waals surface area contributed by atoms with Gasteiger partial charge in [-0.15, -0.1) is 0 Å². The smallest absolute Gasteiger partial charge is 0.150 e. The molecule has 0 saturated carbocycles. The molecule has 1 heterocycles. The summed E-state index contributed by atoms with van der Waals surface area (Å²) in [6.07, 6.45) is 0. The Morgan fingerprint density at radius 3 is 2.47 bits per heavy atom. The maximum Gasteiger partial charge on any atom is 0.150 e. The highest BCUT2D eigenvalue weighted by Gasteiger charge is 2.21. The van der Waals surface area contributed by atoms with Crippen LogP contribution in [0.1, 0.15) is 20.8 Å². The van der Waals surface area contributed by atoms with Crippen molar-refractivity contribution in [1.82, 2.24) is 4.98 Å². The van der Waals surface area contributed by atoms with Crippen molar-refractivity contribution in [3.63, 3.8) is 0 Å². The average molecular weight is 278 g/mol. The molecule has 4 nitrogen and oxygen atoms in total. The Morgan fingerprint density at radius 1 is 1.41 bits per heavy atom. The molecule has 1 rings (SSSR count). The number of nitrogens with two attached hydrogens (primary N) is 1. The van der Waals surface area contributed by atoms with Crippen LogP contribution in [0.3, 0.4) is 0 Å². The number of aromatic nitrogens is 1. The van der Waals surface area contributed by atoms with E-state index >= 15 is 0 Å². The Labute approximate surface area is 111 Å². The van der Waals surface area contributed by atoms with E-state index in [-0.39, 0.29) is 5.82 Å². The lowest BCUT2D eigenvalue weighted by Crippen LogP contribution is -2.39. The second-order valence-corrected chi connectivity index (χ2v) is 5.30. The molecular formula is C11H17Cl2N3O. The number of halogens is 2. The van der Waals surface area contributed by atoms with Crippen LogP contribution in [0.5, 0.6) is 0 Å². The van der Waals surface area contributed by atoms with Gasteiger partial charge < -0.3 is 15.7 Å². The number of rotatable bonds is 4. The standard InChI is InChI=1S/C11H17Cl2N3O/c1-4-16(6-11(2,3)17)10-8(13)5-7(12)9(14)15-10/h5,17H,4,6H2,1-3H3,(H2,14,15). The second-order valence-electron chi connectivity index (χ2n) is 4.49. The monoisotopic (exact) mass is 277 g/mol. The minimum Gasteiger partial charge on any atom is -0.389 e. The van der Waals surface area contributed by atoms with E-state index in [0.717, 1.165) is 0 Å². The maximum absolute atomic E-state index is 9.83. The number of aliphatic hydroxyl groups is 1. The Bertz CT molecular complexity index is 404. The molecule has 0 amide bonds. The predicted octanol–water partition coefficient (Wildman–Crippen LogP) is 2.57. The summed E-state index contributed by atoms with van der Waals surface area (Å²) in [5.41, 5.74) is 4.82. The fourth-order valence-electron chi connectivity index (χ4n) is 1.50. The Morgan fingerprint density at radius 2 is 2.00 bits per heavy atom. The average Bonchev–Trinajstić information content (AvgIpc) is 2.19. The quantitative estimate of drug-likeness (QED) is 0.888. The molecule has 17 heavy (non-hydrogen) atoms. The molecule has 6 heteroatoms. The van der Waals surface area contributed by atoms with Gasteiger partial charge in [-0.05, 0) is 26.8 Å². The topological polar surface area (TPSA) is 62.4 Å². The highest BCUT2D eigenvalue weighted by molar-refractivity contribution is 6.37. The maximum atomic E-state index is 9.83. The zero-order valence-electron chi connectivity index (χ0n) is 10.2. The van der Waals surface area contributed by atoms with E-state index in [9.17, 15) is 5.11 Å². The first-order valence-corrected chi connectivity index (χ1v) is 6.09. The molecule has 0 unspecified atom stereocenters. The van der Waals surface area contributed by atoms with Gasteiger partial charge in [-0.25, -0.2) is 4.98 Å². The lowest BCUT2D eigenvalue weighted by Gasteiger charge is -2.29. The Balaban J connectivity index is 3.08. The van der Waals surface area contributed by atoms with Gasteiger partial charge in [0.2, 0.25) is 0 Å². The van der Waals surface area contributed by atoms with Crippen molar-refractivity contribution in [2.45, 2.75) is 26.4 Å². The largest absolute Gasteiger partial charge is 0.389 e. The molecule has 0 aliphatic carbocycles. The van der Waals surface area contributed by atoms with Gasteiger partial charge in [-0.1, -0.05) is 23.2 Å². The molecule has 0 atom stereocenters. The van der Waals surface area contributed by atoms with E-state index in [2.05, 4.69) is 4.98 Å². The van der Waals surface area contributed by atoms with Crippen LogP contribution in [0.15, 0.2) is 6.07 Å². The van der Waals surface area contributed by atoms with Crippen molar-refractivity contribution in [3.8, 4) is 0 Å². The van der Waals surface area contributed by atoms with E-state index < -0.39 is 5.60 Å². The van der Waals surface area contributed by atoms with Crippen LogP contribution < -0.4 is 10.6 Å². The van der Waals surface area contributed by atoms with Crippen LogP contribution in [0.25, 0.3) is 0 Å². The third-order valence-corrected chi connectivity index (χ3v) is 2.78. The van der Waals surface area contributed by atoms with Gasteiger partial charge in [-0.3, -0.25) is 0 Å². The van der Waals surface area contributed by atoms with Crippen LogP contribution in [-0.4, -0.2) is 28.8 Å². The van der Waals surface area contributed by atoms with Gasteiger partial charge in [-0.2, -0.15) is 0 Å². The number of pyridine rings is 1. The van der Waals surface area contributed by atoms with Crippen LogP contribution in [-0.2, 0) is 0 Å². The first-order valence-electron chi connectivity index (χ1n) is 5.33. The summed E-state index contributed by atoms with van der Waals surface area (Å²) in [6, 6.07) is 1.56. The molecule has 0 bridgehead atoms. The van der Waals surface area contributed by atoms with Crippen molar-refractivity contribution in [2.75, 3.05) is 23.7 Å². The summed E-state index contributed by atoms with van der Waals surface area (Å²) in [7, 11) is 0. The summed E-state index contributed by atoms with van der Waals surface area (Å²) < 4.78 is 0. The van der Waals surface area contributed by atoms with Crippen molar-refractivity contribution in [1.29, 1.82) is 0 Å². The molecule has 0 aliphatic heterocycles. The van der Waals surface area contributed by atoms with Gasteiger partial charge in [0.05, 0.1) is 15.6 Å². The SMILES string of the molecule is CCN(CC(C)(C)O)c1nc(N)c(Cl)cc1Cl. The van der Waals surface area contributed by atoms with E-state index in [1.807, 2.05) is 11.8 Å². The van der Waals surface area contributed by atoms with Crippen LogP contribution in [0.4, 0.5) is 11.6 Å². The number of hydrogen-bond donors (Lipinski definition) is 2. The molecule has 1 aromatic heterocycles. The molecule has 0 aromatic carbocycles. The summed E-state index contributed by atoms with van der Waals surface area (Å²) in [4.78, 5) is 6.01. The van der Waals surface area contributed by atoms with E-state index in [0.29, 0.717) is 29.0 Å². The molecule has 96 valence electrons. The van der Waals surface area contributed by atoms with Crippen molar-refractivity contribution in [3.05, 3.63) is 16.1 Å². The van der Waals surface area contributed by atoms with Gasteiger partial charge in [0.1, 0.15) is 11.6 Å². The number of likely N-dealkylation sites (N-methyl/N-ethyl adjacent to an activating group) is 1. The minimum atomic E-state index is -0.838.